The van der Waals surface area contributed by atoms with Gasteiger partial charge in [-0.25, -0.2) is 18.0 Å². The Hall–Kier alpha value is -4.20. The van der Waals surface area contributed by atoms with E-state index in [1.165, 1.54) is 23.5 Å². The molecule has 3 aromatic rings. The van der Waals surface area contributed by atoms with Crippen LogP contribution in [0, 0.1) is 11.3 Å². The second-order valence-corrected chi connectivity index (χ2v) is 11.1. The van der Waals surface area contributed by atoms with Gasteiger partial charge < -0.3 is 15.4 Å². The molecule has 0 spiro atoms. The van der Waals surface area contributed by atoms with Crippen LogP contribution in [0.1, 0.15) is 30.4 Å². The van der Waals surface area contributed by atoms with Crippen LogP contribution in [0.25, 0.3) is 11.1 Å². The quantitative estimate of drug-likeness (QED) is 0.405. The fourth-order valence-electron chi connectivity index (χ4n) is 4.58. The molecule has 1 saturated heterocycles. The van der Waals surface area contributed by atoms with Crippen LogP contribution in [0.15, 0.2) is 77.7 Å². The lowest BCUT2D eigenvalue weighted by Gasteiger charge is -2.27. The molecule has 0 saturated carbocycles. The largest absolute Gasteiger partial charge is 0.467 e. The molecule has 10 heteroatoms. The maximum Gasteiger partial charge on any atom is 0.328 e. The van der Waals surface area contributed by atoms with Crippen LogP contribution in [0.3, 0.4) is 0 Å². The number of ether oxygens (including phenoxy) is 1. The highest BCUT2D eigenvalue weighted by Crippen LogP contribution is 2.27. The number of rotatable bonds is 8. The Morgan fingerprint density at radius 1 is 0.974 bits per heavy atom. The number of carbonyl (C=O) groups is 2. The third-order valence-electron chi connectivity index (χ3n) is 6.61. The van der Waals surface area contributed by atoms with Crippen molar-refractivity contribution >= 4 is 27.7 Å². The predicted octanol–water partition coefficient (Wildman–Crippen LogP) is 4.31. The van der Waals surface area contributed by atoms with Gasteiger partial charge in [-0.05, 0) is 47.7 Å². The summed E-state index contributed by atoms with van der Waals surface area (Å²) in [7, 11) is -2.56. The van der Waals surface area contributed by atoms with E-state index >= 15 is 0 Å². The minimum absolute atomic E-state index is 0.00454. The molecule has 2 N–H and O–H groups in total. The Morgan fingerprint density at radius 3 is 2.33 bits per heavy atom. The molecular formula is C29H30N4O5S. The number of methoxy groups -OCH3 is 1. The number of hydrogen-bond donors (Lipinski definition) is 2. The topological polar surface area (TPSA) is 129 Å². The summed E-state index contributed by atoms with van der Waals surface area (Å²) >= 11 is 0. The second-order valence-electron chi connectivity index (χ2n) is 9.19. The van der Waals surface area contributed by atoms with E-state index in [1.807, 2.05) is 36.4 Å². The molecular weight excluding hydrogens is 516 g/mol. The summed E-state index contributed by atoms with van der Waals surface area (Å²) in [5.74, 6) is -0.640. The maximum atomic E-state index is 13.2. The monoisotopic (exact) mass is 546 g/mol. The van der Waals surface area contributed by atoms with Crippen molar-refractivity contribution in [2.24, 2.45) is 0 Å². The minimum atomic E-state index is -3.79. The van der Waals surface area contributed by atoms with Gasteiger partial charge in [0.2, 0.25) is 10.0 Å². The molecule has 2 amide bonds. The third kappa shape index (κ3) is 6.63. The highest BCUT2D eigenvalue weighted by Gasteiger charge is 2.29. The van der Waals surface area contributed by atoms with Crippen molar-refractivity contribution in [3.63, 3.8) is 0 Å². The van der Waals surface area contributed by atoms with Gasteiger partial charge in [-0.2, -0.15) is 9.57 Å². The van der Waals surface area contributed by atoms with Gasteiger partial charge in [-0.15, -0.1) is 0 Å². The summed E-state index contributed by atoms with van der Waals surface area (Å²) in [6.45, 7) is 0.877. The average Bonchev–Trinajstić information content (AvgIpc) is 2.97. The molecule has 3 aromatic carbocycles. The van der Waals surface area contributed by atoms with E-state index in [0.29, 0.717) is 18.7 Å². The summed E-state index contributed by atoms with van der Waals surface area (Å²) in [6, 6.07) is 21.3. The van der Waals surface area contributed by atoms with Gasteiger partial charge >= 0.3 is 12.0 Å². The van der Waals surface area contributed by atoms with E-state index in [9.17, 15) is 23.3 Å². The Kier molecular flexibility index (Phi) is 8.96. The number of nitriles is 1. The molecule has 0 aliphatic carbocycles. The standard InChI is InChI=1S/C29H30N4O5S/c1-38-28(34)26(19-21-13-15-22(16-14-21)24-10-4-3-9-23(24)20-30)32-29(35)31-25-11-5-6-12-27(25)39(36,37)33-17-7-2-8-18-33/h3-6,9-16,26H,2,7-8,17-19H2,1H3,(H2,31,32,35)/t26-/m0/s1. The van der Waals surface area contributed by atoms with Gasteiger partial charge in [-0.1, -0.05) is 61.0 Å². The summed E-state index contributed by atoms with van der Waals surface area (Å²) in [6.07, 6.45) is 2.72. The minimum Gasteiger partial charge on any atom is -0.467 e. The molecule has 202 valence electrons. The van der Waals surface area contributed by atoms with Crippen molar-refractivity contribution in [2.45, 2.75) is 36.6 Å². The zero-order chi connectivity index (χ0) is 27.8. The Morgan fingerprint density at radius 2 is 1.64 bits per heavy atom. The zero-order valence-electron chi connectivity index (χ0n) is 21.6. The van der Waals surface area contributed by atoms with E-state index in [1.54, 1.807) is 24.3 Å². The maximum absolute atomic E-state index is 13.2. The molecule has 0 aromatic heterocycles. The van der Waals surface area contributed by atoms with Crippen molar-refractivity contribution in [1.29, 1.82) is 5.26 Å². The van der Waals surface area contributed by atoms with Gasteiger partial charge in [-0.3, -0.25) is 0 Å². The molecule has 39 heavy (non-hydrogen) atoms. The van der Waals surface area contributed by atoms with Crippen molar-refractivity contribution in [1.82, 2.24) is 9.62 Å². The number of nitrogens with one attached hydrogen (secondary N) is 2. The van der Waals surface area contributed by atoms with Crippen molar-refractivity contribution in [2.75, 3.05) is 25.5 Å². The van der Waals surface area contributed by atoms with Gasteiger partial charge in [0.05, 0.1) is 24.4 Å². The first-order valence-electron chi connectivity index (χ1n) is 12.7. The summed E-state index contributed by atoms with van der Waals surface area (Å²) in [5.41, 5.74) is 3.09. The first-order chi connectivity index (χ1) is 18.8. The first kappa shape index (κ1) is 27.8. The van der Waals surface area contributed by atoms with Crippen LogP contribution in [-0.4, -0.2) is 51.0 Å². The van der Waals surface area contributed by atoms with Crippen LogP contribution in [0.4, 0.5) is 10.5 Å². The average molecular weight is 547 g/mol. The van der Waals surface area contributed by atoms with Gasteiger partial charge in [0, 0.05) is 19.5 Å². The molecule has 0 unspecified atom stereocenters. The Bertz CT molecular complexity index is 1480. The predicted molar refractivity (Wildman–Crippen MR) is 147 cm³/mol. The van der Waals surface area contributed by atoms with E-state index in [0.717, 1.165) is 36.0 Å². The van der Waals surface area contributed by atoms with E-state index in [4.69, 9.17) is 4.74 Å². The molecule has 0 bridgehead atoms. The highest BCUT2D eigenvalue weighted by molar-refractivity contribution is 7.89. The molecule has 1 atom stereocenters. The number of hydrogen-bond acceptors (Lipinski definition) is 6. The Balaban J connectivity index is 1.48. The number of sulfonamides is 1. The second kappa shape index (κ2) is 12.6. The number of urea groups is 1. The molecule has 4 rings (SSSR count). The molecule has 1 fully saturated rings. The lowest BCUT2D eigenvalue weighted by atomic mass is 9.97. The summed E-state index contributed by atoms with van der Waals surface area (Å²) < 4.78 is 32.8. The molecule has 1 aliphatic rings. The first-order valence-corrected chi connectivity index (χ1v) is 14.1. The third-order valence-corrected chi connectivity index (χ3v) is 8.57. The SMILES string of the molecule is COC(=O)[C@H](Cc1ccc(-c2ccccc2C#N)cc1)NC(=O)Nc1ccccc1S(=O)(=O)N1CCCCC1. The van der Waals surface area contributed by atoms with Crippen molar-refractivity contribution in [3.8, 4) is 17.2 Å². The van der Waals surface area contributed by atoms with Crippen LogP contribution in [0.2, 0.25) is 0 Å². The van der Waals surface area contributed by atoms with Crippen LogP contribution in [0.5, 0.6) is 0 Å². The number of piperidine rings is 1. The molecule has 0 radical (unpaired) electrons. The number of para-hydroxylation sites is 1. The fraction of sp³-hybridized carbons (Fsp3) is 0.276. The lowest BCUT2D eigenvalue weighted by Crippen LogP contribution is -2.45. The normalized spacial score (nSPS) is 14.6. The summed E-state index contributed by atoms with van der Waals surface area (Å²) in [4.78, 5) is 25.4. The molecule has 1 aliphatic heterocycles. The van der Waals surface area contributed by atoms with Gasteiger partial charge in [0.15, 0.2) is 0 Å². The number of amides is 2. The number of carbonyl (C=O) groups excluding carboxylic acids is 2. The molecule has 9 nitrogen and oxygen atoms in total. The number of benzene rings is 3. The van der Waals surface area contributed by atoms with E-state index in [-0.39, 0.29) is 17.0 Å². The van der Waals surface area contributed by atoms with Crippen molar-refractivity contribution < 1.29 is 22.7 Å². The van der Waals surface area contributed by atoms with Crippen LogP contribution >= 0.6 is 0 Å². The van der Waals surface area contributed by atoms with Crippen LogP contribution < -0.4 is 10.6 Å². The summed E-state index contributed by atoms with van der Waals surface area (Å²) in [5, 5.41) is 14.6. The lowest BCUT2D eigenvalue weighted by molar-refractivity contribution is -0.142. The van der Waals surface area contributed by atoms with Crippen molar-refractivity contribution in [3.05, 3.63) is 83.9 Å². The highest BCUT2D eigenvalue weighted by atomic mass is 32.2. The number of anilines is 1. The zero-order valence-corrected chi connectivity index (χ0v) is 22.4. The van der Waals surface area contributed by atoms with E-state index in [2.05, 4.69) is 16.7 Å². The van der Waals surface area contributed by atoms with Gasteiger partial charge in [0.1, 0.15) is 10.9 Å². The smallest absolute Gasteiger partial charge is 0.328 e. The number of nitrogens with zero attached hydrogens (tertiary/aromatic N) is 2. The van der Waals surface area contributed by atoms with E-state index < -0.39 is 28.1 Å². The Labute approximate surface area is 228 Å². The van der Waals surface area contributed by atoms with Gasteiger partial charge in [0.25, 0.3) is 0 Å². The number of esters is 1. The molecule has 1 heterocycles. The fourth-order valence-corrected chi connectivity index (χ4v) is 6.24. The van der Waals surface area contributed by atoms with Crippen LogP contribution in [-0.2, 0) is 26.0 Å².